The van der Waals surface area contributed by atoms with Gasteiger partial charge in [0.05, 0.1) is 35.7 Å². The SMILES string of the molecule is N#CCCN(CCN1CCOCC1)C(=O)c1ccc(Cl)c(Cl)c1. The molecule has 23 heavy (non-hydrogen) atoms. The van der Waals surface area contributed by atoms with Gasteiger partial charge in [0.2, 0.25) is 0 Å². The van der Waals surface area contributed by atoms with Crippen molar-refractivity contribution >= 4 is 29.1 Å². The van der Waals surface area contributed by atoms with Gasteiger partial charge in [-0.3, -0.25) is 9.69 Å². The number of hydrogen-bond acceptors (Lipinski definition) is 4. The van der Waals surface area contributed by atoms with Crippen LogP contribution < -0.4 is 0 Å². The van der Waals surface area contributed by atoms with Gasteiger partial charge in [-0.15, -0.1) is 0 Å². The van der Waals surface area contributed by atoms with Crippen molar-refractivity contribution in [1.29, 1.82) is 5.26 Å². The molecule has 0 spiro atoms. The van der Waals surface area contributed by atoms with E-state index >= 15 is 0 Å². The Labute approximate surface area is 146 Å². The molecule has 1 amide bonds. The summed E-state index contributed by atoms with van der Waals surface area (Å²) in [4.78, 5) is 16.6. The zero-order chi connectivity index (χ0) is 16.7. The Morgan fingerprint density at radius 2 is 2.00 bits per heavy atom. The van der Waals surface area contributed by atoms with E-state index in [2.05, 4.69) is 11.0 Å². The fraction of sp³-hybridized carbons (Fsp3) is 0.500. The molecule has 0 aliphatic carbocycles. The summed E-state index contributed by atoms with van der Waals surface area (Å²) < 4.78 is 5.32. The van der Waals surface area contributed by atoms with Crippen LogP contribution in [0.25, 0.3) is 0 Å². The van der Waals surface area contributed by atoms with Gasteiger partial charge in [0.1, 0.15) is 0 Å². The quantitative estimate of drug-likeness (QED) is 0.787. The summed E-state index contributed by atoms with van der Waals surface area (Å²) in [6.45, 7) is 4.92. The van der Waals surface area contributed by atoms with Gasteiger partial charge in [-0.1, -0.05) is 23.2 Å². The summed E-state index contributed by atoms with van der Waals surface area (Å²) in [5, 5.41) is 9.58. The Hall–Kier alpha value is -1.32. The molecule has 2 rings (SSSR count). The average molecular weight is 356 g/mol. The Balaban J connectivity index is 2.01. The normalized spacial score (nSPS) is 15.2. The minimum atomic E-state index is -0.132. The first kappa shape index (κ1) is 18.0. The highest BCUT2D eigenvalue weighted by Gasteiger charge is 2.18. The van der Waals surface area contributed by atoms with Crippen LogP contribution in [0.1, 0.15) is 16.8 Å². The van der Waals surface area contributed by atoms with Gasteiger partial charge in [-0.25, -0.2) is 0 Å². The Morgan fingerprint density at radius 3 is 2.65 bits per heavy atom. The summed E-state index contributed by atoms with van der Waals surface area (Å²) >= 11 is 11.9. The second-order valence-electron chi connectivity index (χ2n) is 5.28. The van der Waals surface area contributed by atoms with Crippen LogP contribution in [0.15, 0.2) is 18.2 Å². The third-order valence-electron chi connectivity index (χ3n) is 3.74. The Bertz CT molecular complexity index is 583. The lowest BCUT2D eigenvalue weighted by Gasteiger charge is -2.30. The molecule has 0 bridgehead atoms. The molecule has 1 aromatic rings. The highest BCUT2D eigenvalue weighted by molar-refractivity contribution is 6.42. The molecule has 124 valence electrons. The third kappa shape index (κ3) is 5.36. The van der Waals surface area contributed by atoms with E-state index in [-0.39, 0.29) is 5.91 Å². The molecule has 0 N–H and O–H groups in total. The number of morpholine rings is 1. The molecule has 1 heterocycles. The molecule has 1 aliphatic rings. The summed E-state index contributed by atoms with van der Waals surface area (Å²) in [7, 11) is 0. The molecule has 1 aliphatic heterocycles. The molecule has 0 saturated carbocycles. The van der Waals surface area contributed by atoms with Crippen molar-refractivity contribution in [3.8, 4) is 6.07 Å². The fourth-order valence-electron chi connectivity index (χ4n) is 2.40. The van der Waals surface area contributed by atoms with Crippen LogP contribution in [0.5, 0.6) is 0 Å². The number of nitrogens with zero attached hydrogens (tertiary/aromatic N) is 3. The summed E-state index contributed by atoms with van der Waals surface area (Å²) in [5.41, 5.74) is 0.485. The van der Waals surface area contributed by atoms with Crippen molar-refractivity contribution < 1.29 is 9.53 Å². The monoisotopic (exact) mass is 355 g/mol. The minimum Gasteiger partial charge on any atom is -0.379 e. The van der Waals surface area contributed by atoms with E-state index < -0.39 is 0 Å². The molecule has 0 unspecified atom stereocenters. The van der Waals surface area contributed by atoms with Crippen LogP contribution in [0.3, 0.4) is 0 Å². The highest BCUT2D eigenvalue weighted by atomic mass is 35.5. The zero-order valence-corrected chi connectivity index (χ0v) is 14.3. The second kappa shape index (κ2) is 9.09. The largest absolute Gasteiger partial charge is 0.379 e. The number of rotatable bonds is 6. The van der Waals surface area contributed by atoms with E-state index in [9.17, 15) is 4.79 Å². The molecule has 1 saturated heterocycles. The standard InChI is InChI=1S/C16H19Cl2N3O2/c17-14-3-2-13(12-15(14)18)16(22)21(5-1-4-19)7-6-20-8-10-23-11-9-20/h2-3,12H,1,5-11H2. The van der Waals surface area contributed by atoms with E-state index in [0.29, 0.717) is 35.1 Å². The predicted molar refractivity (Wildman–Crippen MR) is 89.9 cm³/mol. The van der Waals surface area contributed by atoms with E-state index in [1.54, 1.807) is 23.1 Å². The Kier molecular flexibility index (Phi) is 7.13. The second-order valence-corrected chi connectivity index (χ2v) is 6.10. The fourth-order valence-corrected chi connectivity index (χ4v) is 2.70. The maximum atomic E-state index is 12.7. The van der Waals surface area contributed by atoms with Crippen LogP contribution in [0.2, 0.25) is 10.0 Å². The lowest BCUT2D eigenvalue weighted by molar-refractivity contribution is 0.0326. The van der Waals surface area contributed by atoms with Crippen LogP contribution >= 0.6 is 23.2 Å². The van der Waals surface area contributed by atoms with Gasteiger partial charge in [0.15, 0.2) is 0 Å². The summed E-state index contributed by atoms with van der Waals surface area (Å²) in [6.07, 6.45) is 0.302. The summed E-state index contributed by atoms with van der Waals surface area (Å²) in [5.74, 6) is -0.132. The number of carbonyl (C=O) groups is 1. The first-order valence-electron chi connectivity index (χ1n) is 7.53. The average Bonchev–Trinajstić information content (AvgIpc) is 2.58. The van der Waals surface area contributed by atoms with Crippen molar-refractivity contribution in [3.63, 3.8) is 0 Å². The number of nitriles is 1. The molecule has 5 nitrogen and oxygen atoms in total. The molecule has 1 aromatic carbocycles. The number of carbonyl (C=O) groups excluding carboxylic acids is 1. The molecule has 7 heteroatoms. The van der Waals surface area contributed by atoms with Crippen molar-refractivity contribution in [2.24, 2.45) is 0 Å². The van der Waals surface area contributed by atoms with Crippen LogP contribution in [-0.4, -0.2) is 61.6 Å². The molecule has 0 aromatic heterocycles. The number of benzene rings is 1. The molecule has 0 atom stereocenters. The van der Waals surface area contributed by atoms with E-state index in [4.69, 9.17) is 33.2 Å². The van der Waals surface area contributed by atoms with Gasteiger partial charge in [0, 0.05) is 38.3 Å². The van der Waals surface area contributed by atoms with E-state index in [1.165, 1.54) is 0 Å². The lowest BCUT2D eigenvalue weighted by atomic mass is 10.2. The maximum absolute atomic E-state index is 12.7. The van der Waals surface area contributed by atoms with Gasteiger partial charge in [-0.05, 0) is 18.2 Å². The number of ether oxygens (including phenoxy) is 1. The Morgan fingerprint density at radius 1 is 1.26 bits per heavy atom. The maximum Gasteiger partial charge on any atom is 0.253 e. The van der Waals surface area contributed by atoms with Gasteiger partial charge in [-0.2, -0.15) is 5.26 Å². The number of amides is 1. The first-order valence-corrected chi connectivity index (χ1v) is 8.29. The minimum absolute atomic E-state index is 0.132. The zero-order valence-electron chi connectivity index (χ0n) is 12.8. The van der Waals surface area contributed by atoms with E-state index in [0.717, 1.165) is 32.8 Å². The van der Waals surface area contributed by atoms with Crippen molar-refractivity contribution in [3.05, 3.63) is 33.8 Å². The lowest BCUT2D eigenvalue weighted by Crippen LogP contribution is -2.43. The van der Waals surface area contributed by atoms with Gasteiger partial charge < -0.3 is 9.64 Å². The molecule has 0 radical (unpaired) electrons. The molecular weight excluding hydrogens is 337 g/mol. The topological polar surface area (TPSA) is 56.6 Å². The number of hydrogen-bond donors (Lipinski definition) is 0. The van der Waals surface area contributed by atoms with Crippen LogP contribution in [0, 0.1) is 11.3 Å². The van der Waals surface area contributed by atoms with Crippen molar-refractivity contribution in [1.82, 2.24) is 9.80 Å². The first-order chi connectivity index (χ1) is 11.1. The van der Waals surface area contributed by atoms with Gasteiger partial charge in [0.25, 0.3) is 5.91 Å². The van der Waals surface area contributed by atoms with Crippen molar-refractivity contribution in [2.45, 2.75) is 6.42 Å². The predicted octanol–water partition coefficient (Wildman–Crippen LogP) is 2.68. The van der Waals surface area contributed by atoms with Crippen molar-refractivity contribution in [2.75, 3.05) is 45.9 Å². The smallest absolute Gasteiger partial charge is 0.253 e. The summed E-state index contributed by atoms with van der Waals surface area (Å²) in [6, 6.07) is 6.93. The molecule has 1 fully saturated rings. The number of halogens is 2. The van der Waals surface area contributed by atoms with Gasteiger partial charge >= 0.3 is 0 Å². The third-order valence-corrected chi connectivity index (χ3v) is 4.48. The van der Waals surface area contributed by atoms with Crippen LogP contribution in [0.4, 0.5) is 0 Å². The van der Waals surface area contributed by atoms with Crippen LogP contribution in [-0.2, 0) is 4.74 Å². The van der Waals surface area contributed by atoms with E-state index in [1.807, 2.05) is 0 Å². The molecular formula is C16H19Cl2N3O2. The highest BCUT2D eigenvalue weighted by Crippen LogP contribution is 2.23.